The Morgan fingerprint density at radius 1 is 1.69 bits per heavy atom. The summed E-state index contributed by atoms with van der Waals surface area (Å²) in [6.07, 6.45) is 1.55. The molecular formula is C7H7BrN4O. The molecule has 0 spiro atoms. The number of H-pyrrole nitrogens is 1. The summed E-state index contributed by atoms with van der Waals surface area (Å²) in [7, 11) is 0. The number of imidazole rings is 1. The second-order valence-corrected chi connectivity index (χ2v) is 3.35. The molecule has 5 nitrogen and oxygen atoms in total. The average Bonchev–Trinajstić information content (AvgIpc) is 2.40. The number of nitrogens with one attached hydrogen (secondary N) is 1. The third kappa shape index (κ3) is 1.27. The molecule has 6 heteroatoms. The number of halogens is 1. The van der Waals surface area contributed by atoms with Crippen LogP contribution >= 0.6 is 15.9 Å². The molecule has 0 amide bonds. The van der Waals surface area contributed by atoms with Crippen LogP contribution < -0.4 is 5.69 Å². The summed E-state index contributed by atoms with van der Waals surface area (Å²) < 4.78 is 2.16. The van der Waals surface area contributed by atoms with Crippen molar-refractivity contribution in [1.29, 1.82) is 0 Å². The number of hydrogen-bond donors (Lipinski definition) is 1. The van der Waals surface area contributed by atoms with Gasteiger partial charge in [-0.15, -0.1) is 0 Å². The Bertz CT molecular complexity index is 501. The van der Waals surface area contributed by atoms with Crippen LogP contribution in [0.1, 0.15) is 6.92 Å². The fourth-order valence-electron chi connectivity index (χ4n) is 1.19. The Morgan fingerprint density at radius 2 is 2.46 bits per heavy atom. The van der Waals surface area contributed by atoms with Gasteiger partial charge in [0.1, 0.15) is 4.60 Å². The van der Waals surface area contributed by atoms with E-state index >= 15 is 0 Å². The van der Waals surface area contributed by atoms with Gasteiger partial charge in [-0.05, 0) is 22.9 Å². The van der Waals surface area contributed by atoms with E-state index in [-0.39, 0.29) is 5.69 Å². The third-order valence-electron chi connectivity index (χ3n) is 1.77. The van der Waals surface area contributed by atoms with Crippen LogP contribution in [-0.4, -0.2) is 19.5 Å². The average molecular weight is 243 g/mol. The lowest BCUT2D eigenvalue weighted by Gasteiger charge is -1.95. The molecule has 0 atom stereocenters. The Morgan fingerprint density at radius 3 is 3.15 bits per heavy atom. The van der Waals surface area contributed by atoms with Crippen LogP contribution in [-0.2, 0) is 6.54 Å². The van der Waals surface area contributed by atoms with Gasteiger partial charge in [-0.3, -0.25) is 9.55 Å². The maximum atomic E-state index is 11.3. The van der Waals surface area contributed by atoms with Crippen molar-refractivity contribution in [2.75, 3.05) is 0 Å². The number of aromatic amines is 1. The molecule has 0 saturated carbocycles. The Hall–Kier alpha value is -1.17. The molecule has 13 heavy (non-hydrogen) atoms. The maximum absolute atomic E-state index is 11.3. The highest BCUT2D eigenvalue weighted by atomic mass is 79.9. The van der Waals surface area contributed by atoms with Crippen LogP contribution in [0.15, 0.2) is 15.6 Å². The molecule has 0 aliphatic carbocycles. The molecule has 0 radical (unpaired) electrons. The zero-order valence-corrected chi connectivity index (χ0v) is 8.50. The van der Waals surface area contributed by atoms with Crippen molar-refractivity contribution in [3.8, 4) is 0 Å². The van der Waals surface area contributed by atoms with E-state index in [1.165, 1.54) is 4.57 Å². The first-order chi connectivity index (χ1) is 6.22. The maximum Gasteiger partial charge on any atom is 0.328 e. The van der Waals surface area contributed by atoms with E-state index in [0.29, 0.717) is 22.4 Å². The Balaban J connectivity index is 2.89. The molecule has 0 saturated heterocycles. The van der Waals surface area contributed by atoms with Crippen LogP contribution in [0.5, 0.6) is 0 Å². The lowest BCUT2D eigenvalue weighted by Crippen LogP contribution is -2.15. The molecule has 2 aromatic heterocycles. The van der Waals surface area contributed by atoms with Gasteiger partial charge in [0.15, 0.2) is 11.3 Å². The van der Waals surface area contributed by atoms with Gasteiger partial charge >= 0.3 is 5.69 Å². The number of aromatic nitrogens is 4. The van der Waals surface area contributed by atoms with Crippen molar-refractivity contribution >= 4 is 27.2 Å². The number of fused-ring (bicyclic) bond motifs is 1. The fraction of sp³-hybridized carbons (Fsp3) is 0.286. The number of nitrogens with zero attached hydrogens (tertiary/aromatic N) is 3. The SMILES string of the molecule is CCn1c(=O)[nH]c2ncc(Br)nc21. The summed E-state index contributed by atoms with van der Waals surface area (Å²) in [5, 5.41) is 0. The first-order valence-corrected chi connectivity index (χ1v) is 4.62. The highest BCUT2D eigenvalue weighted by Crippen LogP contribution is 2.09. The van der Waals surface area contributed by atoms with Crippen LogP contribution in [0.3, 0.4) is 0 Å². The molecule has 0 aliphatic heterocycles. The van der Waals surface area contributed by atoms with Crippen molar-refractivity contribution < 1.29 is 0 Å². The Kier molecular flexibility index (Phi) is 1.91. The predicted octanol–water partition coefficient (Wildman–Crippen LogP) is 0.902. The van der Waals surface area contributed by atoms with Gasteiger partial charge in [-0.1, -0.05) is 0 Å². The molecule has 0 fully saturated rings. The van der Waals surface area contributed by atoms with E-state index in [1.54, 1.807) is 6.20 Å². The smallest absolute Gasteiger partial charge is 0.289 e. The molecule has 1 N–H and O–H groups in total. The number of aryl methyl sites for hydroxylation is 1. The normalized spacial score (nSPS) is 10.9. The zero-order chi connectivity index (χ0) is 9.42. The van der Waals surface area contributed by atoms with Gasteiger partial charge in [-0.2, -0.15) is 0 Å². The predicted molar refractivity (Wildman–Crippen MR) is 51.5 cm³/mol. The van der Waals surface area contributed by atoms with Crippen molar-refractivity contribution in [2.24, 2.45) is 0 Å². The van der Waals surface area contributed by atoms with Gasteiger partial charge < -0.3 is 0 Å². The van der Waals surface area contributed by atoms with Gasteiger partial charge in [0.05, 0.1) is 6.20 Å². The summed E-state index contributed by atoms with van der Waals surface area (Å²) in [5.41, 5.74) is 0.938. The van der Waals surface area contributed by atoms with Crippen molar-refractivity contribution in [2.45, 2.75) is 13.5 Å². The molecule has 0 bridgehead atoms. The minimum Gasteiger partial charge on any atom is -0.289 e. The van der Waals surface area contributed by atoms with Crippen LogP contribution in [0.25, 0.3) is 11.3 Å². The van der Waals surface area contributed by atoms with Crippen LogP contribution in [0, 0.1) is 0 Å². The first-order valence-electron chi connectivity index (χ1n) is 3.83. The first kappa shape index (κ1) is 8.43. The zero-order valence-electron chi connectivity index (χ0n) is 6.91. The second kappa shape index (κ2) is 2.95. The van der Waals surface area contributed by atoms with Gasteiger partial charge in [0.25, 0.3) is 0 Å². The van der Waals surface area contributed by atoms with E-state index in [4.69, 9.17) is 0 Å². The molecule has 2 heterocycles. The lowest BCUT2D eigenvalue weighted by molar-refractivity contribution is 0.745. The van der Waals surface area contributed by atoms with Crippen LogP contribution in [0.2, 0.25) is 0 Å². The van der Waals surface area contributed by atoms with Gasteiger partial charge in [-0.25, -0.2) is 14.8 Å². The number of hydrogen-bond acceptors (Lipinski definition) is 3. The lowest BCUT2D eigenvalue weighted by atomic mass is 10.6. The van der Waals surface area contributed by atoms with E-state index in [1.807, 2.05) is 6.92 Å². The number of rotatable bonds is 1. The molecular weight excluding hydrogens is 236 g/mol. The van der Waals surface area contributed by atoms with E-state index < -0.39 is 0 Å². The largest absolute Gasteiger partial charge is 0.328 e. The Labute approximate surface area is 82.0 Å². The summed E-state index contributed by atoms with van der Waals surface area (Å²) >= 11 is 3.20. The summed E-state index contributed by atoms with van der Waals surface area (Å²) in [6.45, 7) is 2.47. The van der Waals surface area contributed by atoms with E-state index in [2.05, 4.69) is 30.9 Å². The quantitative estimate of drug-likeness (QED) is 0.809. The molecule has 2 aromatic rings. The van der Waals surface area contributed by atoms with Crippen molar-refractivity contribution in [3.63, 3.8) is 0 Å². The van der Waals surface area contributed by atoms with E-state index in [0.717, 1.165) is 0 Å². The van der Waals surface area contributed by atoms with Crippen molar-refractivity contribution in [3.05, 3.63) is 21.3 Å². The van der Waals surface area contributed by atoms with Gasteiger partial charge in [0, 0.05) is 6.54 Å². The summed E-state index contributed by atoms with van der Waals surface area (Å²) in [4.78, 5) is 22.1. The molecule has 0 aromatic carbocycles. The third-order valence-corrected chi connectivity index (χ3v) is 2.15. The van der Waals surface area contributed by atoms with Gasteiger partial charge in [0.2, 0.25) is 0 Å². The molecule has 0 aliphatic rings. The van der Waals surface area contributed by atoms with Crippen LogP contribution in [0.4, 0.5) is 0 Å². The minimum atomic E-state index is -0.171. The monoisotopic (exact) mass is 242 g/mol. The molecule has 0 unspecified atom stereocenters. The summed E-state index contributed by atoms with van der Waals surface area (Å²) in [6, 6.07) is 0. The highest BCUT2D eigenvalue weighted by Gasteiger charge is 2.07. The second-order valence-electron chi connectivity index (χ2n) is 2.54. The topological polar surface area (TPSA) is 63.6 Å². The standard InChI is InChI=1S/C7H7BrN4O/c1-2-12-6-5(11-7(12)13)9-3-4(8)10-6/h3H,2H2,1H3,(H,9,11,13). The minimum absolute atomic E-state index is 0.171. The molecule has 2 rings (SSSR count). The summed E-state index contributed by atoms with van der Waals surface area (Å²) in [5.74, 6) is 0. The molecule has 68 valence electrons. The highest BCUT2D eigenvalue weighted by molar-refractivity contribution is 9.10. The van der Waals surface area contributed by atoms with Crippen molar-refractivity contribution in [1.82, 2.24) is 19.5 Å². The fourth-order valence-corrected chi connectivity index (χ4v) is 1.46. The van der Waals surface area contributed by atoms with E-state index in [9.17, 15) is 4.79 Å².